The largest absolute Gasteiger partial charge is 0.356 e. The first-order valence-corrected chi connectivity index (χ1v) is 7.54. The Morgan fingerprint density at radius 1 is 1.17 bits per heavy atom. The predicted molar refractivity (Wildman–Crippen MR) is 73.5 cm³/mol. The summed E-state index contributed by atoms with van der Waals surface area (Å²) in [6.07, 6.45) is 7.35. The molecule has 1 aliphatic carbocycles. The second-order valence-corrected chi connectivity index (χ2v) is 5.65. The van der Waals surface area contributed by atoms with E-state index in [0.29, 0.717) is 6.42 Å². The molecule has 0 unspecified atom stereocenters. The highest BCUT2D eigenvalue weighted by atomic mass is 16.1. The van der Waals surface area contributed by atoms with Gasteiger partial charge in [-0.05, 0) is 18.8 Å². The molecule has 0 atom stereocenters. The zero-order valence-electron chi connectivity index (χ0n) is 11.4. The lowest BCUT2D eigenvalue weighted by molar-refractivity contribution is -0.121. The van der Waals surface area contributed by atoms with Crippen LogP contribution in [0.2, 0.25) is 0 Å². The fraction of sp³-hybridized carbons (Fsp3) is 0.929. The first kappa shape index (κ1) is 13.8. The zero-order chi connectivity index (χ0) is 12.6. The first-order valence-electron chi connectivity index (χ1n) is 7.54. The fourth-order valence-corrected chi connectivity index (χ4v) is 2.93. The van der Waals surface area contributed by atoms with Gasteiger partial charge in [-0.2, -0.15) is 0 Å². The van der Waals surface area contributed by atoms with Crippen molar-refractivity contribution in [3.63, 3.8) is 0 Å². The van der Waals surface area contributed by atoms with Crippen LogP contribution in [0.4, 0.5) is 0 Å². The van der Waals surface area contributed by atoms with Gasteiger partial charge in [-0.25, -0.2) is 0 Å². The summed E-state index contributed by atoms with van der Waals surface area (Å²) in [7, 11) is 0. The summed E-state index contributed by atoms with van der Waals surface area (Å²) >= 11 is 0. The second-order valence-electron chi connectivity index (χ2n) is 5.65. The molecular weight excluding hydrogens is 226 g/mol. The van der Waals surface area contributed by atoms with Crippen molar-refractivity contribution >= 4 is 5.91 Å². The molecule has 104 valence electrons. The molecule has 4 heteroatoms. The summed E-state index contributed by atoms with van der Waals surface area (Å²) in [5.74, 6) is 0.973. The van der Waals surface area contributed by atoms with Crippen LogP contribution in [-0.4, -0.2) is 50.1 Å². The highest BCUT2D eigenvalue weighted by Crippen LogP contribution is 2.22. The second kappa shape index (κ2) is 7.74. The smallest absolute Gasteiger partial charge is 0.221 e. The molecule has 2 fully saturated rings. The number of carbonyl (C=O) groups is 1. The summed E-state index contributed by atoms with van der Waals surface area (Å²) in [5.41, 5.74) is 0. The molecule has 0 bridgehead atoms. The van der Waals surface area contributed by atoms with Crippen LogP contribution in [0.1, 0.15) is 38.5 Å². The van der Waals surface area contributed by atoms with E-state index in [1.165, 1.54) is 32.1 Å². The molecule has 18 heavy (non-hydrogen) atoms. The quantitative estimate of drug-likeness (QED) is 0.767. The Morgan fingerprint density at radius 2 is 1.89 bits per heavy atom. The van der Waals surface area contributed by atoms with Crippen molar-refractivity contribution in [2.75, 3.05) is 39.3 Å². The number of nitrogens with zero attached hydrogens (tertiary/aromatic N) is 1. The minimum atomic E-state index is 0.235. The Kier molecular flexibility index (Phi) is 5.94. The van der Waals surface area contributed by atoms with E-state index in [-0.39, 0.29) is 5.91 Å². The third-order valence-corrected chi connectivity index (χ3v) is 4.18. The summed E-state index contributed by atoms with van der Waals surface area (Å²) in [6.45, 7) is 6.10. The maximum Gasteiger partial charge on any atom is 0.221 e. The maximum absolute atomic E-state index is 11.8. The van der Waals surface area contributed by atoms with Crippen molar-refractivity contribution in [2.24, 2.45) is 5.92 Å². The van der Waals surface area contributed by atoms with Crippen molar-refractivity contribution in [1.29, 1.82) is 0 Å². The van der Waals surface area contributed by atoms with Crippen LogP contribution >= 0.6 is 0 Å². The van der Waals surface area contributed by atoms with Gasteiger partial charge in [-0.1, -0.05) is 19.3 Å². The lowest BCUT2D eigenvalue weighted by Crippen LogP contribution is -2.44. The number of amides is 1. The average Bonchev–Trinajstić information content (AvgIpc) is 2.45. The Morgan fingerprint density at radius 3 is 2.61 bits per heavy atom. The Balaban J connectivity index is 1.54. The zero-order valence-corrected chi connectivity index (χ0v) is 11.4. The third-order valence-electron chi connectivity index (χ3n) is 4.18. The number of carbonyl (C=O) groups excluding carboxylic acids is 1. The van der Waals surface area contributed by atoms with Gasteiger partial charge in [-0.3, -0.25) is 4.79 Å². The van der Waals surface area contributed by atoms with E-state index in [0.717, 1.165) is 45.2 Å². The van der Waals surface area contributed by atoms with Crippen LogP contribution < -0.4 is 10.6 Å². The van der Waals surface area contributed by atoms with E-state index in [4.69, 9.17) is 0 Å². The van der Waals surface area contributed by atoms with E-state index >= 15 is 0 Å². The topological polar surface area (TPSA) is 44.4 Å². The number of nitrogens with one attached hydrogen (secondary N) is 2. The summed E-state index contributed by atoms with van der Waals surface area (Å²) in [6, 6.07) is 0. The number of piperazine rings is 1. The Bertz CT molecular complexity index is 221. The Hall–Kier alpha value is -0.610. The molecule has 1 amide bonds. The van der Waals surface area contributed by atoms with E-state index in [2.05, 4.69) is 15.5 Å². The van der Waals surface area contributed by atoms with Crippen LogP contribution in [-0.2, 0) is 4.79 Å². The van der Waals surface area contributed by atoms with Gasteiger partial charge in [0.2, 0.25) is 5.91 Å². The number of rotatable bonds is 5. The van der Waals surface area contributed by atoms with Crippen molar-refractivity contribution in [3.8, 4) is 0 Å². The monoisotopic (exact) mass is 253 g/mol. The van der Waals surface area contributed by atoms with Crippen LogP contribution in [0, 0.1) is 5.92 Å². The van der Waals surface area contributed by atoms with Crippen molar-refractivity contribution in [3.05, 3.63) is 0 Å². The van der Waals surface area contributed by atoms with Crippen molar-refractivity contribution < 1.29 is 4.79 Å². The highest BCUT2D eigenvalue weighted by molar-refractivity contribution is 5.76. The third kappa shape index (κ3) is 4.94. The molecule has 0 spiro atoms. The molecule has 0 aromatic heterocycles. The summed E-state index contributed by atoms with van der Waals surface area (Å²) in [4.78, 5) is 14.1. The van der Waals surface area contributed by atoms with Gasteiger partial charge in [0.05, 0.1) is 0 Å². The summed E-state index contributed by atoms with van der Waals surface area (Å²) in [5, 5.41) is 6.44. The predicted octanol–water partition coefficient (Wildman–Crippen LogP) is 0.978. The van der Waals surface area contributed by atoms with Gasteiger partial charge >= 0.3 is 0 Å². The minimum Gasteiger partial charge on any atom is -0.356 e. The molecule has 4 nitrogen and oxygen atoms in total. The number of hydrogen-bond donors (Lipinski definition) is 2. The van der Waals surface area contributed by atoms with Gasteiger partial charge in [-0.15, -0.1) is 0 Å². The maximum atomic E-state index is 11.8. The van der Waals surface area contributed by atoms with Gasteiger partial charge in [0.1, 0.15) is 0 Å². The molecule has 1 saturated heterocycles. The van der Waals surface area contributed by atoms with Crippen LogP contribution in [0.25, 0.3) is 0 Å². The SMILES string of the molecule is O=C(CCN1CCNCC1)NCC1CCCCC1. The molecule has 1 saturated carbocycles. The van der Waals surface area contributed by atoms with E-state index in [1.807, 2.05) is 0 Å². The van der Waals surface area contributed by atoms with Crippen LogP contribution in [0.3, 0.4) is 0 Å². The molecule has 0 aromatic rings. The van der Waals surface area contributed by atoms with Gasteiger partial charge in [0.15, 0.2) is 0 Å². The van der Waals surface area contributed by atoms with E-state index in [1.54, 1.807) is 0 Å². The molecular formula is C14H27N3O. The molecule has 2 N–H and O–H groups in total. The minimum absolute atomic E-state index is 0.235. The molecule has 1 heterocycles. The van der Waals surface area contributed by atoms with Crippen LogP contribution in [0.5, 0.6) is 0 Å². The van der Waals surface area contributed by atoms with Gasteiger partial charge in [0.25, 0.3) is 0 Å². The molecule has 0 radical (unpaired) electrons. The van der Waals surface area contributed by atoms with Crippen LogP contribution in [0.15, 0.2) is 0 Å². The lowest BCUT2D eigenvalue weighted by atomic mass is 9.89. The van der Waals surface area contributed by atoms with Gasteiger partial charge < -0.3 is 15.5 Å². The van der Waals surface area contributed by atoms with Crippen molar-refractivity contribution in [1.82, 2.24) is 15.5 Å². The summed E-state index contributed by atoms with van der Waals surface area (Å²) < 4.78 is 0. The molecule has 2 rings (SSSR count). The standard InChI is InChI=1S/C14H27N3O/c18-14(6-9-17-10-7-15-8-11-17)16-12-13-4-2-1-3-5-13/h13,15H,1-12H2,(H,16,18). The van der Waals surface area contributed by atoms with Gasteiger partial charge in [0, 0.05) is 45.7 Å². The van der Waals surface area contributed by atoms with Crippen molar-refractivity contribution in [2.45, 2.75) is 38.5 Å². The molecule has 2 aliphatic rings. The Labute approximate surface area is 110 Å². The molecule has 1 aliphatic heterocycles. The van der Waals surface area contributed by atoms with E-state index < -0.39 is 0 Å². The average molecular weight is 253 g/mol. The molecule has 0 aromatic carbocycles. The fourth-order valence-electron chi connectivity index (χ4n) is 2.93. The van der Waals surface area contributed by atoms with E-state index in [9.17, 15) is 4.79 Å². The normalized spacial score (nSPS) is 22.9. The lowest BCUT2D eigenvalue weighted by Gasteiger charge is -2.27. The first-order chi connectivity index (χ1) is 8.84. The number of hydrogen-bond acceptors (Lipinski definition) is 3. The highest BCUT2D eigenvalue weighted by Gasteiger charge is 2.15.